The van der Waals surface area contributed by atoms with Crippen molar-refractivity contribution in [3.05, 3.63) is 58.0 Å². The van der Waals surface area contributed by atoms with E-state index in [4.69, 9.17) is 9.47 Å². The van der Waals surface area contributed by atoms with Crippen molar-refractivity contribution < 1.29 is 19.1 Å². The molecule has 0 amide bonds. The first kappa shape index (κ1) is 17.8. The van der Waals surface area contributed by atoms with Crippen molar-refractivity contribution in [3.63, 3.8) is 0 Å². The average molecular weight is 372 g/mol. The van der Waals surface area contributed by atoms with Crippen LogP contribution in [0, 0.1) is 0 Å². The highest BCUT2D eigenvalue weighted by atomic mass is 32.1. The number of Topliss-reactive ketones (excluding diaryl/α,β-unsaturated/α-hetero) is 1. The van der Waals surface area contributed by atoms with Crippen LogP contribution in [0.2, 0.25) is 0 Å². The van der Waals surface area contributed by atoms with Gasteiger partial charge in [0.25, 0.3) is 5.56 Å². The fraction of sp³-hybridized carbons (Fsp3) is 0.222. The van der Waals surface area contributed by atoms with Crippen molar-refractivity contribution in [3.8, 4) is 5.75 Å². The van der Waals surface area contributed by atoms with Crippen LogP contribution in [0.25, 0.3) is 10.2 Å². The fourth-order valence-electron chi connectivity index (χ4n) is 2.36. The summed E-state index contributed by atoms with van der Waals surface area (Å²) in [6.45, 7) is -0.216. The molecule has 0 aliphatic heterocycles. The number of benzene rings is 1. The van der Waals surface area contributed by atoms with Gasteiger partial charge in [-0.1, -0.05) is 12.1 Å². The maximum atomic E-state index is 12.2. The number of esters is 1. The number of hydrogen-bond acceptors (Lipinski definition) is 7. The van der Waals surface area contributed by atoms with Crippen LogP contribution in [0.5, 0.6) is 5.75 Å². The van der Waals surface area contributed by atoms with Crippen LogP contribution in [0.1, 0.15) is 16.8 Å². The fourth-order valence-corrected chi connectivity index (χ4v) is 3.09. The maximum absolute atomic E-state index is 12.2. The van der Waals surface area contributed by atoms with Crippen LogP contribution in [-0.4, -0.2) is 35.0 Å². The predicted molar refractivity (Wildman–Crippen MR) is 96.8 cm³/mol. The number of methoxy groups -OCH3 is 1. The smallest absolute Gasteiger partial charge is 0.308 e. The molecule has 0 atom stereocenters. The van der Waals surface area contributed by atoms with Gasteiger partial charge < -0.3 is 9.47 Å². The summed E-state index contributed by atoms with van der Waals surface area (Å²) < 4.78 is 11.4. The van der Waals surface area contributed by atoms with Crippen molar-refractivity contribution in [2.75, 3.05) is 13.7 Å². The molecule has 0 N–H and O–H groups in total. The molecule has 0 saturated carbocycles. The minimum Gasteiger partial charge on any atom is -0.497 e. The second-order valence-corrected chi connectivity index (χ2v) is 6.34. The molecule has 3 rings (SSSR count). The molecule has 26 heavy (non-hydrogen) atoms. The molecule has 0 bridgehead atoms. The standard InChI is InChI=1S/C18H16N2O5S/c1-24-13-4-2-3-12(9-13)15(21)10-25-16(22)5-7-20-11-19-17-14(18(20)23)6-8-26-17/h2-4,6,8-9,11H,5,7,10H2,1H3. The molecule has 2 aromatic heterocycles. The second-order valence-electron chi connectivity index (χ2n) is 5.45. The van der Waals surface area contributed by atoms with Crippen molar-refractivity contribution in [1.29, 1.82) is 0 Å². The lowest BCUT2D eigenvalue weighted by Gasteiger charge is -2.07. The number of carbonyl (C=O) groups is 2. The van der Waals surface area contributed by atoms with Crippen LogP contribution < -0.4 is 10.3 Å². The van der Waals surface area contributed by atoms with Gasteiger partial charge in [0.05, 0.1) is 25.2 Å². The van der Waals surface area contributed by atoms with Gasteiger partial charge in [-0.25, -0.2) is 4.98 Å². The third-order valence-corrected chi connectivity index (χ3v) is 4.58. The molecule has 0 fully saturated rings. The van der Waals surface area contributed by atoms with Gasteiger partial charge in [0.1, 0.15) is 10.6 Å². The summed E-state index contributed by atoms with van der Waals surface area (Å²) in [6.07, 6.45) is 1.39. The first-order valence-electron chi connectivity index (χ1n) is 7.84. The van der Waals surface area contributed by atoms with Crippen LogP contribution in [0.4, 0.5) is 0 Å². The van der Waals surface area contributed by atoms with E-state index in [0.29, 0.717) is 21.5 Å². The van der Waals surface area contributed by atoms with Crippen LogP contribution in [-0.2, 0) is 16.1 Å². The predicted octanol–water partition coefficient (Wildman–Crippen LogP) is 2.28. The lowest BCUT2D eigenvalue weighted by atomic mass is 10.1. The zero-order valence-corrected chi connectivity index (χ0v) is 14.8. The minimum atomic E-state index is -0.557. The zero-order valence-electron chi connectivity index (χ0n) is 14.0. The number of nitrogens with zero attached hydrogens (tertiary/aromatic N) is 2. The van der Waals surface area contributed by atoms with Gasteiger partial charge in [-0.05, 0) is 23.6 Å². The largest absolute Gasteiger partial charge is 0.497 e. The lowest BCUT2D eigenvalue weighted by molar-refractivity contribution is -0.142. The normalized spacial score (nSPS) is 10.7. The Kier molecular flexibility index (Phi) is 5.43. The number of aromatic nitrogens is 2. The summed E-state index contributed by atoms with van der Waals surface area (Å²) in [7, 11) is 1.51. The number of thiophene rings is 1. The Morgan fingerprint density at radius 1 is 1.27 bits per heavy atom. The Labute approximate surface area is 152 Å². The number of ketones is 1. The highest BCUT2D eigenvalue weighted by molar-refractivity contribution is 7.16. The number of ether oxygens (including phenoxy) is 2. The Hall–Kier alpha value is -3.00. The lowest BCUT2D eigenvalue weighted by Crippen LogP contribution is -2.22. The zero-order chi connectivity index (χ0) is 18.5. The van der Waals surface area contributed by atoms with E-state index in [0.717, 1.165) is 0 Å². The van der Waals surface area contributed by atoms with Gasteiger partial charge in [0.2, 0.25) is 0 Å². The maximum Gasteiger partial charge on any atom is 0.308 e. The van der Waals surface area contributed by atoms with Gasteiger partial charge in [-0.3, -0.25) is 19.0 Å². The summed E-state index contributed by atoms with van der Waals surface area (Å²) in [5, 5.41) is 2.32. The van der Waals surface area contributed by atoms with E-state index in [2.05, 4.69) is 4.98 Å². The van der Waals surface area contributed by atoms with Crippen molar-refractivity contribution in [2.24, 2.45) is 0 Å². The Morgan fingerprint density at radius 2 is 2.12 bits per heavy atom. The molecule has 8 heteroatoms. The number of fused-ring (bicyclic) bond motifs is 1. The van der Waals surface area contributed by atoms with E-state index >= 15 is 0 Å². The van der Waals surface area contributed by atoms with Crippen molar-refractivity contribution in [1.82, 2.24) is 9.55 Å². The van der Waals surface area contributed by atoms with Crippen LogP contribution in [0.15, 0.2) is 46.8 Å². The molecule has 0 unspecified atom stereocenters. The quantitative estimate of drug-likeness (QED) is 0.467. The molecule has 7 nitrogen and oxygen atoms in total. The Bertz CT molecular complexity index is 1010. The molecule has 2 heterocycles. The van der Waals surface area contributed by atoms with Gasteiger partial charge in [-0.2, -0.15) is 0 Å². The Balaban J connectivity index is 1.54. The van der Waals surface area contributed by atoms with Crippen molar-refractivity contribution >= 4 is 33.3 Å². The molecule has 1 aromatic carbocycles. The minimum absolute atomic E-state index is 0.0252. The SMILES string of the molecule is COc1cccc(C(=O)COC(=O)CCn2cnc3sccc3c2=O)c1. The third kappa shape index (κ3) is 3.97. The van der Waals surface area contributed by atoms with Gasteiger partial charge in [-0.15, -0.1) is 11.3 Å². The van der Waals surface area contributed by atoms with E-state index in [1.807, 2.05) is 0 Å². The monoisotopic (exact) mass is 372 g/mol. The van der Waals surface area contributed by atoms with Crippen LogP contribution >= 0.6 is 11.3 Å². The summed E-state index contributed by atoms with van der Waals surface area (Å²) in [4.78, 5) is 41.0. The molecule has 0 saturated heterocycles. The molecule has 0 aliphatic rings. The molecule has 134 valence electrons. The highest BCUT2D eigenvalue weighted by Crippen LogP contribution is 2.14. The number of aryl methyl sites for hydroxylation is 1. The topological polar surface area (TPSA) is 87.5 Å². The molecular formula is C18H16N2O5S. The molecule has 3 aromatic rings. The van der Waals surface area contributed by atoms with E-state index in [1.165, 1.54) is 29.3 Å². The van der Waals surface area contributed by atoms with Gasteiger partial charge in [0, 0.05) is 12.1 Å². The van der Waals surface area contributed by atoms with E-state index < -0.39 is 5.97 Å². The summed E-state index contributed by atoms with van der Waals surface area (Å²) in [5.74, 6) is -0.327. The number of carbonyl (C=O) groups excluding carboxylic acids is 2. The molecule has 0 radical (unpaired) electrons. The summed E-state index contributed by atoms with van der Waals surface area (Å²) >= 11 is 1.38. The van der Waals surface area contributed by atoms with Crippen molar-refractivity contribution in [2.45, 2.75) is 13.0 Å². The highest BCUT2D eigenvalue weighted by Gasteiger charge is 2.12. The average Bonchev–Trinajstić information content (AvgIpc) is 3.15. The Morgan fingerprint density at radius 3 is 2.92 bits per heavy atom. The summed E-state index contributed by atoms with van der Waals surface area (Å²) in [6, 6.07) is 8.32. The summed E-state index contributed by atoms with van der Waals surface area (Å²) in [5.41, 5.74) is 0.206. The number of hydrogen-bond donors (Lipinski definition) is 0. The number of rotatable bonds is 7. The first-order valence-corrected chi connectivity index (χ1v) is 8.72. The van der Waals surface area contributed by atoms with E-state index in [-0.39, 0.29) is 30.9 Å². The molecular weight excluding hydrogens is 356 g/mol. The first-order chi connectivity index (χ1) is 12.6. The van der Waals surface area contributed by atoms with E-state index in [9.17, 15) is 14.4 Å². The van der Waals surface area contributed by atoms with Gasteiger partial charge in [0.15, 0.2) is 12.4 Å². The van der Waals surface area contributed by atoms with Gasteiger partial charge >= 0.3 is 5.97 Å². The molecule has 0 spiro atoms. The second kappa shape index (κ2) is 7.92. The third-order valence-electron chi connectivity index (χ3n) is 3.76. The molecule has 0 aliphatic carbocycles. The van der Waals surface area contributed by atoms with Crippen LogP contribution in [0.3, 0.4) is 0 Å². The van der Waals surface area contributed by atoms with E-state index in [1.54, 1.807) is 35.7 Å².